The number of hydrogen-bond donors (Lipinski definition) is 1. The molecule has 1 aliphatic rings. The largest absolute Gasteiger partial charge is 0.370 e. The lowest BCUT2D eigenvalue weighted by Gasteiger charge is -2.22. The van der Waals surface area contributed by atoms with Gasteiger partial charge in [-0.15, -0.1) is 0 Å². The Morgan fingerprint density at radius 3 is 2.52 bits per heavy atom. The third kappa shape index (κ3) is 4.47. The van der Waals surface area contributed by atoms with E-state index in [9.17, 15) is 4.79 Å². The van der Waals surface area contributed by atoms with Crippen molar-refractivity contribution in [1.29, 1.82) is 0 Å². The molecule has 0 aliphatic carbocycles. The quantitative estimate of drug-likeness (QED) is 0.386. The van der Waals surface area contributed by atoms with Crippen LogP contribution in [0.1, 0.15) is 36.9 Å². The number of pyridine rings is 1. The molecule has 1 fully saturated rings. The highest BCUT2D eigenvalue weighted by Gasteiger charge is 2.25. The molecule has 1 amide bonds. The lowest BCUT2D eigenvalue weighted by Crippen LogP contribution is -2.19. The summed E-state index contributed by atoms with van der Waals surface area (Å²) in [6.45, 7) is 6.01. The topological polar surface area (TPSA) is 45.2 Å². The molecule has 33 heavy (non-hydrogen) atoms. The lowest BCUT2D eigenvalue weighted by molar-refractivity contribution is -0.115. The van der Waals surface area contributed by atoms with E-state index in [4.69, 9.17) is 4.98 Å². The summed E-state index contributed by atoms with van der Waals surface area (Å²) < 4.78 is 0. The summed E-state index contributed by atoms with van der Waals surface area (Å²) in [6, 6.07) is 27.6. The molecule has 1 N–H and O–H groups in total. The van der Waals surface area contributed by atoms with E-state index in [2.05, 4.69) is 83.9 Å². The second kappa shape index (κ2) is 9.07. The fraction of sp³-hybridized carbons (Fsp3) is 0.241. The molecule has 1 saturated heterocycles. The lowest BCUT2D eigenvalue weighted by atomic mass is 9.99. The minimum absolute atomic E-state index is 0.0268. The van der Waals surface area contributed by atoms with Gasteiger partial charge in [-0.3, -0.25) is 9.78 Å². The summed E-state index contributed by atoms with van der Waals surface area (Å²) in [4.78, 5) is 19.0. The first-order chi connectivity index (χ1) is 16.1. The Bertz CT molecular complexity index is 1280. The van der Waals surface area contributed by atoms with E-state index in [1.165, 1.54) is 16.6 Å². The summed E-state index contributed by atoms with van der Waals surface area (Å²) in [6.07, 6.45) is 1.64. The molecule has 1 aromatic heterocycles. The predicted molar refractivity (Wildman–Crippen MR) is 137 cm³/mol. The van der Waals surface area contributed by atoms with Crippen molar-refractivity contribution in [2.75, 3.05) is 23.3 Å². The van der Waals surface area contributed by atoms with Crippen LogP contribution in [0.25, 0.3) is 22.0 Å². The molecular formula is C29H29N3O. The average molecular weight is 436 g/mol. The van der Waals surface area contributed by atoms with Crippen molar-refractivity contribution in [3.63, 3.8) is 0 Å². The van der Waals surface area contributed by atoms with Gasteiger partial charge >= 0.3 is 0 Å². The van der Waals surface area contributed by atoms with E-state index in [0.29, 0.717) is 12.3 Å². The van der Waals surface area contributed by atoms with Crippen LogP contribution in [0.15, 0.2) is 78.9 Å². The number of hydrogen-bond acceptors (Lipinski definition) is 3. The van der Waals surface area contributed by atoms with Crippen LogP contribution in [0.5, 0.6) is 0 Å². The van der Waals surface area contributed by atoms with Gasteiger partial charge in [-0.2, -0.15) is 0 Å². The minimum Gasteiger partial charge on any atom is -0.370 e. The van der Waals surface area contributed by atoms with Crippen molar-refractivity contribution in [2.45, 2.75) is 32.6 Å². The van der Waals surface area contributed by atoms with Crippen molar-refractivity contribution in [3.05, 3.63) is 90.1 Å². The van der Waals surface area contributed by atoms with Gasteiger partial charge in [0.1, 0.15) is 0 Å². The maximum atomic E-state index is 11.7. The van der Waals surface area contributed by atoms with Gasteiger partial charge in [-0.25, -0.2) is 0 Å². The van der Waals surface area contributed by atoms with E-state index in [0.717, 1.165) is 47.5 Å². The number of rotatable bonds is 5. The molecule has 0 radical (unpaired) electrons. The predicted octanol–water partition coefficient (Wildman–Crippen LogP) is 6.55. The van der Waals surface area contributed by atoms with Gasteiger partial charge in [-0.1, -0.05) is 55.5 Å². The zero-order chi connectivity index (χ0) is 22.8. The van der Waals surface area contributed by atoms with Crippen molar-refractivity contribution in [3.8, 4) is 11.1 Å². The van der Waals surface area contributed by atoms with E-state index in [-0.39, 0.29) is 5.91 Å². The second-order valence-electron chi connectivity index (χ2n) is 8.84. The summed E-state index contributed by atoms with van der Waals surface area (Å²) in [5, 5.41) is 4.10. The molecule has 4 heteroatoms. The maximum Gasteiger partial charge on any atom is 0.224 e. The van der Waals surface area contributed by atoms with Gasteiger partial charge in [0.05, 0.1) is 5.52 Å². The molecule has 5 rings (SSSR count). The van der Waals surface area contributed by atoms with Gasteiger partial charge in [0.2, 0.25) is 5.91 Å². The maximum absolute atomic E-state index is 11.7. The normalized spacial score (nSPS) is 15.7. The van der Waals surface area contributed by atoms with Crippen molar-refractivity contribution in [2.24, 2.45) is 0 Å². The summed E-state index contributed by atoms with van der Waals surface area (Å²) >= 11 is 0. The van der Waals surface area contributed by atoms with Crippen molar-refractivity contribution >= 4 is 28.2 Å². The zero-order valence-electron chi connectivity index (χ0n) is 19.2. The van der Waals surface area contributed by atoms with Crippen molar-refractivity contribution < 1.29 is 4.79 Å². The summed E-state index contributed by atoms with van der Waals surface area (Å²) in [5.74, 6) is 0.586. The van der Waals surface area contributed by atoms with Gasteiger partial charge < -0.3 is 10.2 Å². The van der Waals surface area contributed by atoms with E-state index in [1.807, 2.05) is 19.1 Å². The van der Waals surface area contributed by atoms with Crippen LogP contribution >= 0.6 is 0 Å². The van der Waals surface area contributed by atoms with Gasteiger partial charge in [-0.05, 0) is 60.4 Å². The molecule has 1 unspecified atom stereocenters. The molecule has 4 aromatic rings. The molecule has 1 aliphatic heterocycles. The number of benzene rings is 3. The highest BCUT2D eigenvalue weighted by Crippen LogP contribution is 2.36. The highest BCUT2D eigenvalue weighted by molar-refractivity contribution is 5.95. The highest BCUT2D eigenvalue weighted by atomic mass is 16.1. The summed E-state index contributed by atoms with van der Waals surface area (Å²) in [7, 11) is 0. The molecular weight excluding hydrogens is 406 g/mol. The molecule has 3 aromatic carbocycles. The first-order valence-electron chi connectivity index (χ1n) is 11.7. The van der Waals surface area contributed by atoms with Crippen LogP contribution in [-0.2, 0) is 4.79 Å². The van der Waals surface area contributed by atoms with Crippen LogP contribution < -0.4 is 10.2 Å². The Labute approximate surface area is 195 Å². The molecule has 0 saturated carbocycles. The number of nitrogens with zero attached hydrogens (tertiary/aromatic N) is 2. The third-order valence-corrected chi connectivity index (χ3v) is 6.54. The van der Waals surface area contributed by atoms with E-state index < -0.39 is 0 Å². The first kappa shape index (κ1) is 21.2. The molecule has 4 nitrogen and oxygen atoms in total. The fourth-order valence-electron chi connectivity index (χ4n) is 4.75. The Morgan fingerprint density at radius 2 is 1.76 bits per heavy atom. The Morgan fingerprint density at radius 1 is 1.00 bits per heavy atom. The SMILES string of the molecule is CCC(=O)Nc1ccc(-c2ccc3nc(C)cc(N4CCC(c5ccccc5)C4)c3c2)cc1. The molecule has 166 valence electrons. The second-order valence-corrected chi connectivity index (χ2v) is 8.84. The average Bonchev–Trinajstić information content (AvgIpc) is 3.34. The van der Waals surface area contributed by atoms with Crippen molar-refractivity contribution in [1.82, 2.24) is 4.98 Å². The van der Waals surface area contributed by atoms with E-state index in [1.54, 1.807) is 0 Å². The number of amides is 1. The number of fused-ring (bicyclic) bond motifs is 1. The number of aryl methyl sites for hydroxylation is 1. The van der Waals surface area contributed by atoms with Gasteiger partial charge in [0, 0.05) is 47.9 Å². The smallest absolute Gasteiger partial charge is 0.224 e. The van der Waals surface area contributed by atoms with Crippen LogP contribution in [0.2, 0.25) is 0 Å². The number of nitrogens with one attached hydrogen (secondary N) is 1. The third-order valence-electron chi connectivity index (χ3n) is 6.54. The molecule has 0 spiro atoms. The number of carbonyl (C=O) groups is 1. The number of aromatic nitrogens is 1. The summed E-state index contributed by atoms with van der Waals surface area (Å²) in [5.41, 5.74) is 7.88. The number of anilines is 2. The monoisotopic (exact) mass is 435 g/mol. The van der Waals surface area contributed by atoms with Crippen LogP contribution in [0.3, 0.4) is 0 Å². The minimum atomic E-state index is 0.0268. The van der Waals surface area contributed by atoms with E-state index >= 15 is 0 Å². The molecule has 2 heterocycles. The number of carbonyl (C=O) groups excluding carboxylic acids is 1. The first-order valence-corrected chi connectivity index (χ1v) is 11.7. The Kier molecular flexibility index (Phi) is 5.82. The van der Waals surface area contributed by atoms with Crippen LogP contribution in [-0.4, -0.2) is 24.0 Å². The zero-order valence-corrected chi connectivity index (χ0v) is 19.2. The Balaban J connectivity index is 1.46. The molecule has 0 bridgehead atoms. The molecule has 1 atom stereocenters. The Hall–Kier alpha value is -3.66. The van der Waals surface area contributed by atoms with Crippen LogP contribution in [0.4, 0.5) is 11.4 Å². The standard InChI is InChI=1S/C29H29N3O/c1-3-29(33)31-25-12-9-22(10-13-25)23-11-14-27-26(18-23)28(17-20(2)30-27)32-16-15-24(19-32)21-7-5-4-6-8-21/h4-14,17-18,24H,3,15-16,19H2,1-2H3,(H,31,33). The van der Waals surface area contributed by atoms with Gasteiger partial charge in [0.15, 0.2) is 0 Å². The fourth-order valence-corrected chi connectivity index (χ4v) is 4.75. The van der Waals surface area contributed by atoms with Crippen LogP contribution in [0, 0.1) is 6.92 Å². The van der Waals surface area contributed by atoms with Gasteiger partial charge in [0.25, 0.3) is 0 Å².